The Labute approximate surface area is 142 Å². The van der Waals surface area contributed by atoms with Crippen LogP contribution < -0.4 is 5.32 Å². The minimum absolute atomic E-state index is 0.602. The summed E-state index contributed by atoms with van der Waals surface area (Å²) in [5.74, 6) is 1.42. The molecular weight excluding hydrogens is 336 g/mol. The Hall–Kier alpha value is -1.90. The fourth-order valence-electron chi connectivity index (χ4n) is 2.05. The van der Waals surface area contributed by atoms with E-state index in [0.717, 1.165) is 28.1 Å². The van der Waals surface area contributed by atoms with Gasteiger partial charge >= 0.3 is 0 Å². The van der Waals surface area contributed by atoms with Gasteiger partial charge in [0.15, 0.2) is 11.0 Å². The number of nitrogens with one attached hydrogen (secondary N) is 1. The molecule has 0 saturated heterocycles. The van der Waals surface area contributed by atoms with Gasteiger partial charge in [0, 0.05) is 10.8 Å². The van der Waals surface area contributed by atoms with Crippen molar-refractivity contribution in [1.29, 1.82) is 0 Å². The molecule has 0 aliphatic heterocycles. The van der Waals surface area contributed by atoms with Crippen molar-refractivity contribution in [2.24, 2.45) is 0 Å². The van der Waals surface area contributed by atoms with E-state index in [1.807, 2.05) is 42.8 Å². The van der Waals surface area contributed by atoms with Gasteiger partial charge in [0.2, 0.25) is 0 Å². The van der Waals surface area contributed by atoms with Crippen LogP contribution >= 0.6 is 23.4 Å². The molecule has 0 amide bonds. The van der Waals surface area contributed by atoms with Crippen LogP contribution in [0.25, 0.3) is 5.69 Å². The van der Waals surface area contributed by atoms with Crippen LogP contribution in [0.1, 0.15) is 17.2 Å². The van der Waals surface area contributed by atoms with Crippen molar-refractivity contribution in [2.45, 2.75) is 24.4 Å². The van der Waals surface area contributed by atoms with E-state index in [0.29, 0.717) is 17.3 Å². The summed E-state index contributed by atoms with van der Waals surface area (Å²) >= 11 is 7.64. The first-order valence-electron chi connectivity index (χ1n) is 6.94. The molecule has 1 aromatic carbocycles. The van der Waals surface area contributed by atoms with Gasteiger partial charge in [-0.1, -0.05) is 39.7 Å². The number of halogens is 1. The molecule has 0 spiro atoms. The third-order valence-electron chi connectivity index (χ3n) is 3.19. The first-order chi connectivity index (χ1) is 11.2. The number of hydrogen-bond acceptors (Lipinski definition) is 7. The minimum Gasteiger partial charge on any atom is -0.313 e. The highest BCUT2D eigenvalue weighted by Gasteiger charge is 2.16. The maximum absolute atomic E-state index is 6.12. The van der Waals surface area contributed by atoms with E-state index in [1.165, 1.54) is 11.8 Å². The molecule has 120 valence electrons. The van der Waals surface area contributed by atoms with Gasteiger partial charge in [0.05, 0.1) is 12.2 Å². The summed E-state index contributed by atoms with van der Waals surface area (Å²) < 4.78 is 6.71. The number of aromatic nitrogens is 5. The Balaban J connectivity index is 1.92. The average molecular weight is 351 g/mol. The molecule has 0 saturated carbocycles. The summed E-state index contributed by atoms with van der Waals surface area (Å²) in [6.45, 7) is 2.46. The van der Waals surface area contributed by atoms with Crippen molar-refractivity contribution in [3.05, 3.63) is 46.5 Å². The van der Waals surface area contributed by atoms with Crippen molar-refractivity contribution in [3.8, 4) is 5.69 Å². The summed E-state index contributed by atoms with van der Waals surface area (Å²) in [7, 11) is 1.87. The fraction of sp³-hybridized carbons (Fsp3) is 0.286. The van der Waals surface area contributed by atoms with Crippen molar-refractivity contribution >= 4 is 23.4 Å². The van der Waals surface area contributed by atoms with E-state index < -0.39 is 0 Å². The quantitative estimate of drug-likeness (QED) is 0.684. The van der Waals surface area contributed by atoms with Crippen LogP contribution in [0.2, 0.25) is 5.02 Å². The molecule has 1 N–H and O–H groups in total. The van der Waals surface area contributed by atoms with E-state index in [-0.39, 0.29) is 0 Å². The van der Waals surface area contributed by atoms with Gasteiger partial charge in [-0.2, -0.15) is 0 Å². The Morgan fingerprint density at radius 2 is 2.17 bits per heavy atom. The third-order valence-corrected chi connectivity index (χ3v) is 4.36. The second-order valence-corrected chi connectivity index (χ2v) is 6.21. The maximum Gasteiger partial charge on any atom is 0.196 e. The highest BCUT2D eigenvalue weighted by molar-refractivity contribution is 7.98. The van der Waals surface area contributed by atoms with Gasteiger partial charge in [-0.25, -0.2) is 4.63 Å². The number of rotatable bonds is 6. The molecular formula is C14H15ClN6OS. The second-order valence-electron chi connectivity index (χ2n) is 4.83. The van der Waals surface area contributed by atoms with Crippen molar-refractivity contribution in [3.63, 3.8) is 0 Å². The number of aryl methyl sites for hydroxylation is 1. The minimum atomic E-state index is 0.602. The predicted molar refractivity (Wildman–Crippen MR) is 87.7 cm³/mol. The van der Waals surface area contributed by atoms with Crippen LogP contribution in [-0.2, 0) is 12.3 Å². The Bertz CT molecular complexity index is 802. The van der Waals surface area contributed by atoms with Crippen LogP contribution in [0.3, 0.4) is 0 Å². The van der Waals surface area contributed by atoms with Gasteiger partial charge in [0.25, 0.3) is 0 Å². The Morgan fingerprint density at radius 3 is 2.87 bits per heavy atom. The summed E-state index contributed by atoms with van der Waals surface area (Å²) in [5, 5.41) is 20.8. The summed E-state index contributed by atoms with van der Waals surface area (Å²) in [6, 6.07) is 7.60. The number of hydrogen-bond donors (Lipinski definition) is 1. The van der Waals surface area contributed by atoms with Crippen molar-refractivity contribution in [1.82, 2.24) is 30.4 Å². The van der Waals surface area contributed by atoms with Gasteiger partial charge in [-0.15, -0.1) is 10.2 Å². The molecule has 0 aliphatic rings. The molecule has 0 radical (unpaired) electrons. The lowest BCUT2D eigenvalue weighted by atomic mass is 10.3. The predicted octanol–water partition coefficient (Wildman–Crippen LogP) is 2.62. The summed E-state index contributed by atoms with van der Waals surface area (Å²) in [4.78, 5) is 0. The molecule has 2 heterocycles. The van der Waals surface area contributed by atoms with E-state index in [2.05, 4.69) is 25.8 Å². The van der Waals surface area contributed by atoms with Crippen LogP contribution in [-0.4, -0.2) is 32.1 Å². The third kappa shape index (κ3) is 3.54. The number of thioether (sulfide) groups is 1. The van der Waals surface area contributed by atoms with Crippen LogP contribution in [0.4, 0.5) is 0 Å². The average Bonchev–Trinajstić information content (AvgIpc) is 3.12. The van der Waals surface area contributed by atoms with E-state index in [4.69, 9.17) is 16.2 Å². The van der Waals surface area contributed by atoms with Gasteiger partial charge in [-0.05, 0) is 32.2 Å². The largest absolute Gasteiger partial charge is 0.313 e. The van der Waals surface area contributed by atoms with Gasteiger partial charge in [-0.3, -0.25) is 4.57 Å². The first-order valence-corrected chi connectivity index (χ1v) is 8.31. The zero-order valence-corrected chi connectivity index (χ0v) is 14.2. The summed E-state index contributed by atoms with van der Waals surface area (Å²) in [6.07, 6.45) is 0. The zero-order valence-electron chi connectivity index (χ0n) is 12.7. The Kier molecular flexibility index (Phi) is 4.94. The first kappa shape index (κ1) is 16.0. The molecule has 0 fully saturated rings. The SMILES string of the molecule is CNCc1nnc(SCc2nonc2C)n1-c1cccc(Cl)c1. The lowest BCUT2D eigenvalue weighted by molar-refractivity contribution is 0.302. The van der Waals surface area contributed by atoms with E-state index in [1.54, 1.807) is 0 Å². The smallest absolute Gasteiger partial charge is 0.196 e. The van der Waals surface area contributed by atoms with Crippen LogP contribution in [0.15, 0.2) is 34.1 Å². The maximum atomic E-state index is 6.12. The lowest BCUT2D eigenvalue weighted by Crippen LogP contribution is -2.12. The molecule has 0 aliphatic carbocycles. The van der Waals surface area contributed by atoms with Crippen molar-refractivity contribution < 1.29 is 4.63 Å². The molecule has 9 heteroatoms. The normalized spacial score (nSPS) is 11.1. The molecule has 0 bridgehead atoms. The van der Waals surface area contributed by atoms with Crippen molar-refractivity contribution in [2.75, 3.05) is 7.05 Å². The van der Waals surface area contributed by atoms with Gasteiger partial charge < -0.3 is 5.32 Å². The second kappa shape index (κ2) is 7.12. The number of nitrogens with zero attached hydrogens (tertiary/aromatic N) is 5. The fourth-order valence-corrected chi connectivity index (χ4v) is 3.20. The molecule has 7 nitrogen and oxygen atoms in total. The zero-order chi connectivity index (χ0) is 16.2. The summed E-state index contributed by atoms with van der Waals surface area (Å²) in [5.41, 5.74) is 2.50. The van der Waals surface area contributed by atoms with E-state index in [9.17, 15) is 0 Å². The highest BCUT2D eigenvalue weighted by Crippen LogP contribution is 2.26. The molecule has 2 aromatic heterocycles. The lowest BCUT2D eigenvalue weighted by Gasteiger charge is -2.10. The van der Waals surface area contributed by atoms with Crippen LogP contribution in [0.5, 0.6) is 0 Å². The Morgan fingerprint density at radius 1 is 1.30 bits per heavy atom. The molecule has 23 heavy (non-hydrogen) atoms. The molecule has 3 aromatic rings. The topological polar surface area (TPSA) is 81.7 Å². The molecule has 0 unspecified atom stereocenters. The standard InChI is InChI=1S/C14H15ClN6OS/c1-9-12(20-22-19-9)8-23-14-18-17-13(7-16-2)21(14)11-5-3-4-10(15)6-11/h3-6,16H,7-8H2,1-2H3. The van der Waals surface area contributed by atoms with Crippen LogP contribution in [0, 0.1) is 6.92 Å². The highest BCUT2D eigenvalue weighted by atomic mass is 35.5. The van der Waals surface area contributed by atoms with E-state index >= 15 is 0 Å². The van der Waals surface area contributed by atoms with Gasteiger partial charge in [0.1, 0.15) is 11.4 Å². The number of benzene rings is 1. The molecule has 0 atom stereocenters. The monoisotopic (exact) mass is 350 g/mol. The molecule has 3 rings (SSSR count).